The summed E-state index contributed by atoms with van der Waals surface area (Å²) in [5.41, 5.74) is 5.62. The minimum Gasteiger partial charge on any atom is -0.396 e. The number of aryl methyl sites for hydroxylation is 1. The van der Waals surface area contributed by atoms with E-state index in [0.29, 0.717) is 0 Å². The summed E-state index contributed by atoms with van der Waals surface area (Å²) in [6.45, 7) is 2.10. The molecule has 1 heterocycles. The minimum atomic E-state index is 1.08. The molecule has 0 radical (unpaired) electrons. The molecule has 0 saturated heterocycles. The Labute approximate surface area is 64.5 Å². The highest BCUT2D eigenvalue weighted by molar-refractivity contribution is 7.78. The molecule has 0 spiro atoms. The molecule has 0 aliphatic heterocycles. The molecule has 0 atom stereocenters. The predicted molar refractivity (Wildman–Crippen MR) is 46.9 cm³/mol. The maximum Gasteiger partial charge on any atom is 0.0588 e. The van der Waals surface area contributed by atoms with Crippen LogP contribution in [0.15, 0.2) is 17.5 Å². The van der Waals surface area contributed by atoms with Gasteiger partial charge in [-0.1, -0.05) is 18.3 Å². The van der Waals surface area contributed by atoms with Gasteiger partial charge in [-0.15, -0.1) is 11.3 Å². The average molecular weight is 159 g/mol. The number of thiophene rings is 1. The fraction of sp³-hybridized carbons (Fsp3) is 0.167. The first-order chi connectivity index (χ1) is 4.31. The number of thiocarbonyl (C=S) groups is 1. The molecule has 0 aromatic carbocycles. The van der Waals surface area contributed by atoms with Crippen molar-refractivity contribution in [2.45, 2.75) is 6.92 Å². The molecular weight excluding hydrogens is 150 g/mol. The molecular formula is C6H9NS2. The van der Waals surface area contributed by atoms with Crippen LogP contribution in [0.3, 0.4) is 0 Å². The molecule has 9 heavy (non-hydrogen) atoms. The molecule has 50 valence electrons. The van der Waals surface area contributed by atoms with Gasteiger partial charge in [-0.25, -0.2) is 0 Å². The summed E-state index contributed by atoms with van der Waals surface area (Å²) in [5.74, 6) is 0. The summed E-state index contributed by atoms with van der Waals surface area (Å²) in [7, 11) is 0. The number of nitrogens with two attached hydrogens (primary N) is 1. The van der Waals surface area contributed by atoms with Crippen LogP contribution in [-0.4, -0.2) is 5.49 Å². The van der Waals surface area contributed by atoms with Gasteiger partial charge in [-0.2, -0.15) is 0 Å². The van der Waals surface area contributed by atoms with Crippen LogP contribution in [-0.2, 0) is 0 Å². The van der Waals surface area contributed by atoms with Gasteiger partial charge in [-0.3, -0.25) is 0 Å². The third-order valence-electron chi connectivity index (χ3n) is 0.663. The highest BCUT2D eigenvalue weighted by Gasteiger charge is 1.74. The van der Waals surface area contributed by atoms with Crippen molar-refractivity contribution in [3.05, 3.63) is 22.4 Å². The molecule has 1 nitrogen and oxygen atoms in total. The maximum absolute atomic E-state index is 4.54. The van der Waals surface area contributed by atoms with Gasteiger partial charge in [0.25, 0.3) is 0 Å². The molecule has 0 saturated carbocycles. The van der Waals surface area contributed by atoms with Gasteiger partial charge in [0.05, 0.1) is 5.49 Å². The van der Waals surface area contributed by atoms with E-state index in [1.54, 1.807) is 11.3 Å². The molecule has 0 aliphatic carbocycles. The second kappa shape index (κ2) is 5.72. The van der Waals surface area contributed by atoms with Crippen LogP contribution in [0.4, 0.5) is 0 Å². The zero-order valence-electron chi connectivity index (χ0n) is 5.20. The highest BCUT2D eigenvalue weighted by atomic mass is 32.1. The Morgan fingerprint density at radius 3 is 2.44 bits per heavy atom. The van der Waals surface area contributed by atoms with Crippen molar-refractivity contribution in [1.82, 2.24) is 0 Å². The van der Waals surface area contributed by atoms with Gasteiger partial charge in [0.1, 0.15) is 0 Å². The van der Waals surface area contributed by atoms with Crippen LogP contribution < -0.4 is 5.73 Å². The fourth-order valence-corrected chi connectivity index (χ4v) is 0.890. The van der Waals surface area contributed by atoms with Gasteiger partial charge in [0, 0.05) is 4.88 Å². The van der Waals surface area contributed by atoms with Crippen LogP contribution in [0.5, 0.6) is 0 Å². The topological polar surface area (TPSA) is 26.0 Å². The predicted octanol–water partition coefficient (Wildman–Crippen LogP) is 1.96. The van der Waals surface area contributed by atoms with Crippen LogP contribution in [0.2, 0.25) is 0 Å². The molecule has 0 fully saturated rings. The summed E-state index contributed by atoms with van der Waals surface area (Å²) < 4.78 is 0. The van der Waals surface area contributed by atoms with Crippen LogP contribution in [0.25, 0.3) is 0 Å². The number of rotatable bonds is 0. The van der Waals surface area contributed by atoms with Crippen LogP contribution in [0.1, 0.15) is 4.88 Å². The maximum atomic E-state index is 4.54. The van der Waals surface area contributed by atoms with E-state index in [9.17, 15) is 0 Å². The van der Waals surface area contributed by atoms with Crippen molar-refractivity contribution in [2.75, 3.05) is 0 Å². The average Bonchev–Trinajstić information content (AvgIpc) is 2.20. The Kier molecular flexibility index (Phi) is 5.46. The molecule has 0 amide bonds. The van der Waals surface area contributed by atoms with Gasteiger partial charge in [-0.05, 0) is 18.4 Å². The largest absolute Gasteiger partial charge is 0.396 e. The molecule has 0 unspecified atom stereocenters. The fourth-order valence-electron chi connectivity index (χ4n) is 0.361. The number of hydrogen-bond acceptors (Lipinski definition) is 2. The lowest BCUT2D eigenvalue weighted by Crippen LogP contribution is -1.79. The summed E-state index contributed by atoms with van der Waals surface area (Å²) in [6.07, 6.45) is 0. The van der Waals surface area contributed by atoms with Crippen molar-refractivity contribution >= 4 is 29.0 Å². The SMILES string of the molecule is Cc1cccs1.NC=S. The second-order valence-corrected chi connectivity index (χ2v) is 2.78. The smallest absolute Gasteiger partial charge is 0.0588 e. The standard InChI is InChI=1S/C5H6S.CH3NS/c1-5-3-2-4-6-5;2-1-3/h2-4H,1H3;1H,(H2,2,3). The zero-order chi connectivity index (χ0) is 7.11. The molecule has 2 N–H and O–H groups in total. The first-order valence-corrected chi connectivity index (χ1v) is 3.82. The third-order valence-corrected chi connectivity index (χ3v) is 1.46. The monoisotopic (exact) mass is 159 g/mol. The molecule has 1 rings (SSSR count). The highest BCUT2D eigenvalue weighted by Crippen LogP contribution is 2.03. The van der Waals surface area contributed by atoms with Gasteiger partial charge in [0.15, 0.2) is 0 Å². The number of hydrogen-bond donors (Lipinski definition) is 1. The van der Waals surface area contributed by atoms with E-state index in [-0.39, 0.29) is 0 Å². The quantitative estimate of drug-likeness (QED) is 0.586. The molecule has 0 bridgehead atoms. The van der Waals surface area contributed by atoms with E-state index in [2.05, 4.69) is 42.4 Å². The second-order valence-electron chi connectivity index (χ2n) is 1.36. The summed E-state index contributed by atoms with van der Waals surface area (Å²) >= 11 is 5.82. The van der Waals surface area contributed by atoms with E-state index in [4.69, 9.17) is 0 Å². The Morgan fingerprint density at radius 1 is 1.78 bits per heavy atom. The first-order valence-electron chi connectivity index (χ1n) is 2.46. The van der Waals surface area contributed by atoms with Crippen molar-refractivity contribution in [1.29, 1.82) is 0 Å². The lowest BCUT2D eigenvalue weighted by atomic mass is 10.5. The van der Waals surface area contributed by atoms with E-state index in [0.717, 1.165) is 5.49 Å². The van der Waals surface area contributed by atoms with Crippen LogP contribution >= 0.6 is 23.6 Å². The molecule has 0 aliphatic rings. The van der Waals surface area contributed by atoms with Crippen molar-refractivity contribution in [3.63, 3.8) is 0 Å². The van der Waals surface area contributed by atoms with Crippen molar-refractivity contribution < 1.29 is 0 Å². The Morgan fingerprint density at radius 2 is 2.33 bits per heavy atom. The Hall–Kier alpha value is -0.410. The molecule has 1 aromatic rings. The Balaban J connectivity index is 0.000000187. The molecule has 3 heteroatoms. The van der Waals surface area contributed by atoms with Gasteiger partial charge >= 0.3 is 0 Å². The summed E-state index contributed by atoms with van der Waals surface area (Å²) in [6, 6.07) is 4.16. The van der Waals surface area contributed by atoms with Gasteiger partial charge in [0.2, 0.25) is 0 Å². The van der Waals surface area contributed by atoms with E-state index in [1.165, 1.54) is 4.88 Å². The van der Waals surface area contributed by atoms with Crippen molar-refractivity contribution in [2.24, 2.45) is 5.73 Å². The van der Waals surface area contributed by atoms with Gasteiger partial charge < -0.3 is 5.73 Å². The zero-order valence-corrected chi connectivity index (χ0v) is 6.84. The normalized spacial score (nSPS) is 7.22. The molecule has 1 aromatic heterocycles. The third kappa shape index (κ3) is 5.46. The lowest BCUT2D eigenvalue weighted by Gasteiger charge is -1.65. The van der Waals surface area contributed by atoms with Crippen molar-refractivity contribution in [3.8, 4) is 0 Å². The minimum absolute atomic E-state index is 1.08. The lowest BCUT2D eigenvalue weighted by molar-refractivity contribution is 1.64. The van der Waals surface area contributed by atoms with E-state index < -0.39 is 0 Å². The Bertz CT molecular complexity index is 146. The van der Waals surface area contributed by atoms with E-state index >= 15 is 0 Å². The van der Waals surface area contributed by atoms with Crippen LogP contribution in [0, 0.1) is 6.92 Å². The first kappa shape index (κ1) is 8.59. The van der Waals surface area contributed by atoms with E-state index in [1.807, 2.05) is 0 Å². The summed E-state index contributed by atoms with van der Waals surface area (Å²) in [4.78, 5) is 1.38. The summed E-state index contributed by atoms with van der Waals surface area (Å²) in [5, 5.41) is 2.08.